The summed E-state index contributed by atoms with van der Waals surface area (Å²) in [5.74, 6) is 1.46. The Morgan fingerprint density at radius 2 is 1.62 bits per heavy atom. The molecule has 1 heterocycles. The SMILES string of the molecule is CC(C)c1ccccc1NC(C)c1cc2ccccc2o1. The van der Waals surface area contributed by atoms with Gasteiger partial charge in [-0.15, -0.1) is 0 Å². The third-order valence-electron chi connectivity index (χ3n) is 3.83. The largest absolute Gasteiger partial charge is 0.459 e. The standard InChI is InChI=1S/C19H21NO/c1-13(2)16-9-5-6-10-17(16)20-14(3)19-12-15-8-4-7-11-18(15)21-19/h4-14,20H,1-3H3. The lowest BCUT2D eigenvalue weighted by Gasteiger charge is -2.18. The number of furan rings is 1. The van der Waals surface area contributed by atoms with Crippen LogP contribution in [0.3, 0.4) is 0 Å². The molecule has 2 nitrogen and oxygen atoms in total. The van der Waals surface area contributed by atoms with E-state index in [-0.39, 0.29) is 6.04 Å². The Hall–Kier alpha value is -2.22. The molecule has 0 bridgehead atoms. The predicted octanol–water partition coefficient (Wildman–Crippen LogP) is 5.73. The van der Waals surface area contributed by atoms with Gasteiger partial charge in [0.25, 0.3) is 0 Å². The lowest BCUT2D eigenvalue weighted by molar-refractivity contribution is 0.526. The van der Waals surface area contributed by atoms with Crippen LogP contribution in [0.1, 0.15) is 44.1 Å². The fourth-order valence-corrected chi connectivity index (χ4v) is 2.65. The molecule has 1 N–H and O–H groups in total. The van der Waals surface area contributed by atoms with Gasteiger partial charge in [0.15, 0.2) is 0 Å². The number of rotatable bonds is 4. The topological polar surface area (TPSA) is 25.2 Å². The Morgan fingerprint density at radius 1 is 0.905 bits per heavy atom. The van der Waals surface area contributed by atoms with Gasteiger partial charge in [0.2, 0.25) is 0 Å². The summed E-state index contributed by atoms with van der Waals surface area (Å²) >= 11 is 0. The molecule has 2 aromatic carbocycles. The van der Waals surface area contributed by atoms with Crippen molar-refractivity contribution >= 4 is 16.7 Å². The molecule has 1 atom stereocenters. The first-order chi connectivity index (χ1) is 10.1. The Labute approximate surface area is 125 Å². The average molecular weight is 279 g/mol. The number of hydrogen-bond acceptors (Lipinski definition) is 2. The third-order valence-corrected chi connectivity index (χ3v) is 3.83. The van der Waals surface area contributed by atoms with Crippen LogP contribution in [0.25, 0.3) is 11.0 Å². The molecule has 1 unspecified atom stereocenters. The minimum absolute atomic E-state index is 0.136. The van der Waals surface area contributed by atoms with E-state index >= 15 is 0 Å². The lowest BCUT2D eigenvalue weighted by Crippen LogP contribution is -2.08. The van der Waals surface area contributed by atoms with E-state index in [9.17, 15) is 0 Å². The summed E-state index contributed by atoms with van der Waals surface area (Å²) in [5.41, 5.74) is 3.46. The molecule has 3 aromatic rings. The summed E-state index contributed by atoms with van der Waals surface area (Å²) < 4.78 is 5.94. The van der Waals surface area contributed by atoms with Gasteiger partial charge in [-0.1, -0.05) is 50.2 Å². The van der Waals surface area contributed by atoms with Gasteiger partial charge < -0.3 is 9.73 Å². The molecule has 1 aromatic heterocycles. The van der Waals surface area contributed by atoms with E-state index in [1.54, 1.807) is 0 Å². The zero-order valence-corrected chi connectivity index (χ0v) is 12.8. The molecule has 0 spiro atoms. The van der Waals surface area contributed by atoms with Gasteiger partial charge in [0, 0.05) is 11.1 Å². The summed E-state index contributed by atoms with van der Waals surface area (Å²) in [6.45, 7) is 6.56. The van der Waals surface area contributed by atoms with Gasteiger partial charge in [-0.25, -0.2) is 0 Å². The van der Waals surface area contributed by atoms with E-state index in [0.29, 0.717) is 5.92 Å². The summed E-state index contributed by atoms with van der Waals surface area (Å²) in [7, 11) is 0. The minimum atomic E-state index is 0.136. The number of fused-ring (bicyclic) bond motifs is 1. The van der Waals surface area contributed by atoms with Crippen molar-refractivity contribution in [2.75, 3.05) is 5.32 Å². The normalized spacial score (nSPS) is 12.8. The number of para-hydroxylation sites is 2. The smallest absolute Gasteiger partial charge is 0.134 e. The fraction of sp³-hybridized carbons (Fsp3) is 0.263. The minimum Gasteiger partial charge on any atom is -0.459 e. The maximum atomic E-state index is 5.94. The van der Waals surface area contributed by atoms with Crippen molar-refractivity contribution in [2.24, 2.45) is 0 Å². The first-order valence-corrected chi connectivity index (χ1v) is 7.49. The first kappa shape index (κ1) is 13.7. The molecule has 0 aliphatic heterocycles. The monoisotopic (exact) mass is 279 g/mol. The van der Waals surface area contributed by atoms with Crippen LogP contribution in [-0.2, 0) is 0 Å². The number of benzene rings is 2. The lowest BCUT2D eigenvalue weighted by atomic mass is 10.0. The highest BCUT2D eigenvalue weighted by Crippen LogP contribution is 2.29. The highest BCUT2D eigenvalue weighted by molar-refractivity contribution is 5.78. The van der Waals surface area contributed by atoms with Gasteiger partial charge in [-0.2, -0.15) is 0 Å². The van der Waals surface area contributed by atoms with Gasteiger partial charge in [-0.3, -0.25) is 0 Å². The zero-order valence-electron chi connectivity index (χ0n) is 12.8. The van der Waals surface area contributed by atoms with Gasteiger partial charge in [0.1, 0.15) is 11.3 Å². The molecular formula is C19H21NO. The summed E-state index contributed by atoms with van der Waals surface area (Å²) in [6.07, 6.45) is 0. The second kappa shape index (κ2) is 5.65. The van der Waals surface area contributed by atoms with Crippen molar-refractivity contribution in [3.8, 4) is 0 Å². The molecule has 108 valence electrons. The molecule has 0 saturated heterocycles. The second-order valence-corrected chi connectivity index (χ2v) is 5.79. The maximum absolute atomic E-state index is 5.94. The highest BCUT2D eigenvalue weighted by Gasteiger charge is 2.13. The van der Waals surface area contributed by atoms with Crippen LogP contribution in [0.15, 0.2) is 59.0 Å². The molecule has 0 saturated carbocycles. The predicted molar refractivity (Wildman–Crippen MR) is 88.8 cm³/mol. The van der Waals surface area contributed by atoms with E-state index in [4.69, 9.17) is 4.42 Å². The Morgan fingerprint density at radius 3 is 2.38 bits per heavy atom. The van der Waals surface area contributed by atoms with E-state index < -0.39 is 0 Å². The summed E-state index contributed by atoms with van der Waals surface area (Å²) in [5, 5.41) is 4.73. The molecule has 0 fully saturated rings. The van der Waals surface area contributed by atoms with Crippen LogP contribution < -0.4 is 5.32 Å². The van der Waals surface area contributed by atoms with Crippen molar-refractivity contribution < 1.29 is 4.42 Å². The molecule has 2 heteroatoms. The molecule has 3 rings (SSSR count). The van der Waals surface area contributed by atoms with E-state index in [1.165, 1.54) is 11.3 Å². The average Bonchev–Trinajstić information content (AvgIpc) is 2.91. The van der Waals surface area contributed by atoms with E-state index in [1.807, 2.05) is 18.2 Å². The van der Waals surface area contributed by atoms with Gasteiger partial charge in [-0.05, 0) is 36.6 Å². The summed E-state index contributed by atoms with van der Waals surface area (Å²) in [4.78, 5) is 0. The maximum Gasteiger partial charge on any atom is 0.134 e. The molecule has 0 aliphatic carbocycles. The number of anilines is 1. The van der Waals surface area contributed by atoms with Gasteiger partial charge in [0.05, 0.1) is 6.04 Å². The molecule has 0 amide bonds. The van der Waals surface area contributed by atoms with E-state index in [2.05, 4.69) is 62.5 Å². The van der Waals surface area contributed by atoms with Crippen molar-refractivity contribution in [2.45, 2.75) is 32.7 Å². The van der Waals surface area contributed by atoms with Crippen molar-refractivity contribution in [1.82, 2.24) is 0 Å². The Balaban J connectivity index is 1.87. The highest BCUT2D eigenvalue weighted by atomic mass is 16.3. The summed E-state index contributed by atoms with van der Waals surface area (Å²) in [6, 6.07) is 18.8. The molecule has 0 aliphatic rings. The van der Waals surface area contributed by atoms with Crippen molar-refractivity contribution in [3.05, 3.63) is 65.9 Å². The number of nitrogens with one attached hydrogen (secondary N) is 1. The molecular weight excluding hydrogens is 258 g/mol. The zero-order chi connectivity index (χ0) is 14.8. The fourth-order valence-electron chi connectivity index (χ4n) is 2.65. The second-order valence-electron chi connectivity index (χ2n) is 5.79. The Bertz CT molecular complexity index is 709. The van der Waals surface area contributed by atoms with Crippen molar-refractivity contribution in [3.63, 3.8) is 0 Å². The van der Waals surface area contributed by atoms with Crippen LogP contribution in [0.4, 0.5) is 5.69 Å². The first-order valence-electron chi connectivity index (χ1n) is 7.49. The van der Waals surface area contributed by atoms with Crippen LogP contribution in [0.2, 0.25) is 0 Å². The van der Waals surface area contributed by atoms with Gasteiger partial charge >= 0.3 is 0 Å². The quantitative estimate of drug-likeness (QED) is 0.659. The van der Waals surface area contributed by atoms with Crippen molar-refractivity contribution in [1.29, 1.82) is 0 Å². The van der Waals surface area contributed by atoms with Crippen LogP contribution in [0.5, 0.6) is 0 Å². The Kier molecular flexibility index (Phi) is 3.70. The van der Waals surface area contributed by atoms with Crippen LogP contribution in [0, 0.1) is 0 Å². The van der Waals surface area contributed by atoms with Crippen LogP contribution in [-0.4, -0.2) is 0 Å². The molecule has 0 radical (unpaired) electrons. The third kappa shape index (κ3) is 2.80. The van der Waals surface area contributed by atoms with E-state index in [0.717, 1.165) is 16.7 Å². The molecule has 21 heavy (non-hydrogen) atoms. The number of hydrogen-bond donors (Lipinski definition) is 1. The van der Waals surface area contributed by atoms with Crippen LogP contribution >= 0.6 is 0 Å².